The molecule has 0 saturated carbocycles. The zero-order valence-electron chi connectivity index (χ0n) is 13.0. The van der Waals surface area contributed by atoms with Crippen LogP contribution in [0.1, 0.15) is 53.9 Å². The van der Waals surface area contributed by atoms with Gasteiger partial charge in [0.15, 0.2) is 0 Å². The van der Waals surface area contributed by atoms with Gasteiger partial charge in [-0.3, -0.25) is 0 Å². The van der Waals surface area contributed by atoms with E-state index in [4.69, 9.17) is 9.47 Å². The summed E-state index contributed by atoms with van der Waals surface area (Å²) in [6.07, 6.45) is 3.75. The first-order valence-electron chi connectivity index (χ1n) is 7.58. The zero-order chi connectivity index (χ0) is 13.8. The van der Waals surface area contributed by atoms with Crippen LogP contribution >= 0.6 is 0 Å². The molecular formula is C15H33NO2. The summed E-state index contributed by atoms with van der Waals surface area (Å²) in [6, 6.07) is 0.482. The molecule has 110 valence electrons. The number of ether oxygens (including phenoxy) is 2. The standard InChI is InChI=1S/C15H33NO2/c1-6-9-14(16-8-3)15(7-2)18-11-10-17-12-13(4)5/h13-16H,6-12H2,1-5H3. The van der Waals surface area contributed by atoms with Crippen molar-refractivity contribution in [1.82, 2.24) is 5.32 Å². The molecule has 0 rings (SSSR count). The lowest BCUT2D eigenvalue weighted by atomic mass is 10.0. The topological polar surface area (TPSA) is 30.5 Å². The van der Waals surface area contributed by atoms with Crippen molar-refractivity contribution in [3.8, 4) is 0 Å². The van der Waals surface area contributed by atoms with E-state index in [0.717, 1.165) is 19.6 Å². The zero-order valence-corrected chi connectivity index (χ0v) is 13.0. The predicted molar refractivity (Wildman–Crippen MR) is 78.1 cm³/mol. The first-order chi connectivity index (χ1) is 8.65. The highest BCUT2D eigenvalue weighted by Crippen LogP contribution is 2.10. The molecule has 3 heteroatoms. The van der Waals surface area contributed by atoms with E-state index < -0.39 is 0 Å². The second kappa shape index (κ2) is 11.9. The number of likely N-dealkylation sites (N-methyl/N-ethyl adjacent to an activating group) is 1. The molecule has 2 unspecified atom stereocenters. The summed E-state index contributed by atoms with van der Waals surface area (Å²) >= 11 is 0. The van der Waals surface area contributed by atoms with E-state index in [9.17, 15) is 0 Å². The molecule has 1 N–H and O–H groups in total. The van der Waals surface area contributed by atoms with Gasteiger partial charge in [-0.1, -0.05) is 41.0 Å². The van der Waals surface area contributed by atoms with Crippen LogP contribution in [0.4, 0.5) is 0 Å². The van der Waals surface area contributed by atoms with Gasteiger partial charge in [-0.15, -0.1) is 0 Å². The van der Waals surface area contributed by atoms with Gasteiger partial charge < -0.3 is 14.8 Å². The molecule has 0 aliphatic carbocycles. The molecule has 0 aromatic carbocycles. The van der Waals surface area contributed by atoms with Crippen molar-refractivity contribution in [3.05, 3.63) is 0 Å². The fraction of sp³-hybridized carbons (Fsp3) is 1.00. The van der Waals surface area contributed by atoms with Gasteiger partial charge in [-0.05, 0) is 25.3 Å². The summed E-state index contributed by atoms with van der Waals surface area (Å²) < 4.78 is 11.5. The molecule has 0 fully saturated rings. The highest BCUT2D eigenvalue weighted by Gasteiger charge is 2.18. The first-order valence-corrected chi connectivity index (χ1v) is 7.58. The molecule has 0 bridgehead atoms. The first kappa shape index (κ1) is 17.9. The lowest BCUT2D eigenvalue weighted by Gasteiger charge is -2.27. The van der Waals surface area contributed by atoms with Gasteiger partial charge in [0, 0.05) is 12.6 Å². The van der Waals surface area contributed by atoms with Crippen LogP contribution in [0, 0.1) is 5.92 Å². The average molecular weight is 259 g/mol. The van der Waals surface area contributed by atoms with Crippen LogP contribution < -0.4 is 5.32 Å². The fourth-order valence-corrected chi connectivity index (χ4v) is 2.09. The minimum Gasteiger partial charge on any atom is -0.379 e. The summed E-state index contributed by atoms with van der Waals surface area (Å²) in [7, 11) is 0. The number of hydrogen-bond acceptors (Lipinski definition) is 3. The van der Waals surface area contributed by atoms with Gasteiger partial charge in [0.1, 0.15) is 0 Å². The maximum atomic E-state index is 5.95. The molecule has 0 radical (unpaired) electrons. The minimum absolute atomic E-state index is 0.313. The van der Waals surface area contributed by atoms with Gasteiger partial charge >= 0.3 is 0 Å². The largest absolute Gasteiger partial charge is 0.379 e. The van der Waals surface area contributed by atoms with Crippen molar-refractivity contribution in [1.29, 1.82) is 0 Å². The lowest BCUT2D eigenvalue weighted by Crippen LogP contribution is -2.41. The Morgan fingerprint density at radius 3 is 2.28 bits per heavy atom. The van der Waals surface area contributed by atoms with Crippen LogP contribution in [-0.4, -0.2) is 38.5 Å². The van der Waals surface area contributed by atoms with Crippen molar-refractivity contribution in [2.75, 3.05) is 26.4 Å². The third-order valence-corrected chi connectivity index (χ3v) is 2.93. The molecule has 2 atom stereocenters. The number of hydrogen-bond donors (Lipinski definition) is 1. The maximum Gasteiger partial charge on any atom is 0.0726 e. The Hall–Kier alpha value is -0.120. The van der Waals surface area contributed by atoms with Gasteiger partial charge in [0.2, 0.25) is 0 Å². The summed E-state index contributed by atoms with van der Waals surface area (Å²) in [5.41, 5.74) is 0. The predicted octanol–water partition coefficient (Wildman–Crippen LogP) is 3.23. The Labute approximate surface area is 114 Å². The van der Waals surface area contributed by atoms with Crippen LogP contribution in [0.15, 0.2) is 0 Å². The van der Waals surface area contributed by atoms with E-state index >= 15 is 0 Å². The third kappa shape index (κ3) is 8.90. The molecular weight excluding hydrogens is 226 g/mol. The molecule has 0 heterocycles. The van der Waals surface area contributed by atoms with Gasteiger partial charge in [-0.2, -0.15) is 0 Å². The molecule has 0 spiro atoms. The third-order valence-electron chi connectivity index (χ3n) is 2.93. The minimum atomic E-state index is 0.313. The van der Waals surface area contributed by atoms with Crippen molar-refractivity contribution in [3.63, 3.8) is 0 Å². The Morgan fingerprint density at radius 1 is 1.06 bits per heavy atom. The van der Waals surface area contributed by atoms with Crippen molar-refractivity contribution in [2.45, 2.75) is 66.0 Å². The van der Waals surface area contributed by atoms with E-state index in [1.807, 2.05) is 0 Å². The molecule has 18 heavy (non-hydrogen) atoms. The molecule has 0 aliphatic heterocycles. The summed E-state index contributed by atoms with van der Waals surface area (Å²) in [4.78, 5) is 0. The molecule has 0 aliphatic rings. The molecule has 0 saturated heterocycles. The van der Waals surface area contributed by atoms with Crippen molar-refractivity contribution in [2.24, 2.45) is 5.92 Å². The highest BCUT2D eigenvalue weighted by molar-refractivity contribution is 4.75. The van der Waals surface area contributed by atoms with Gasteiger partial charge in [0.05, 0.1) is 19.3 Å². The van der Waals surface area contributed by atoms with Crippen LogP contribution in [-0.2, 0) is 9.47 Å². The molecule has 0 aromatic rings. The van der Waals surface area contributed by atoms with E-state index in [1.54, 1.807) is 0 Å². The quantitative estimate of drug-likeness (QED) is 0.546. The van der Waals surface area contributed by atoms with E-state index in [2.05, 4.69) is 39.9 Å². The van der Waals surface area contributed by atoms with Crippen molar-refractivity contribution >= 4 is 0 Å². The summed E-state index contributed by atoms with van der Waals surface area (Å²) in [6.45, 7) is 14.1. The number of rotatable bonds is 12. The van der Waals surface area contributed by atoms with E-state index in [1.165, 1.54) is 12.8 Å². The Bertz CT molecular complexity index is 168. The van der Waals surface area contributed by atoms with Crippen LogP contribution in [0.5, 0.6) is 0 Å². The van der Waals surface area contributed by atoms with Gasteiger partial charge in [-0.25, -0.2) is 0 Å². The molecule has 0 aromatic heterocycles. The summed E-state index contributed by atoms with van der Waals surface area (Å²) in [5.74, 6) is 0.599. The second-order valence-electron chi connectivity index (χ2n) is 5.24. The molecule has 0 amide bonds. The van der Waals surface area contributed by atoms with Crippen LogP contribution in [0.2, 0.25) is 0 Å². The number of nitrogens with one attached hydrogen (secondary N) is 1. The Morgan fingerprint density at radius 2 is 1.78 bits per heavy atom. The Kier molecular flexibility index (Phi) is 11.9. The van der Waals surface area contributed by atoms with Crippen molar-refractivity contribution < 1.29 is 9.47 Å². The Balaban J connectivity index is 3.84. The normalized spacial score (nSPS) is 15.0. The van der Waals surface area contributed by atoms with E-state index in [0.29, 0.717) is 31.3 Å². The lowest BCUT2D eigenvalue weighted by molar-refractivity contribution is -0.0183. The highest BCUT2D eigenvalue weighted by atomic mass is 16.5. The monoisotopic (exact) mass is 259 g/mol. The smallest absolute Gasteiger partial charge is 0.0726 e. The molecule has 3 nitrogen and oxygen atoms in total. The SMILES string of the molecule is CCCC(NCC)C(CC)OCCOCC(C)C. The maximum absolute atomic E-state index is 5.95. The van der Waals surface area contributed by atoms with Crippen LogP contribution in [0.25, 0.3) is 0 Å². The average Bonchev–Trinajstić information content (AvgIpc) is 2.33. The van der Waals surface area contributed by atoms with E-state index in [-0.39, 0.29) is 0 Å². The van der Waals surface area contributed by atoms with Gasteiger partial charge in [0.25, 0.3) is 0 Å². The van der Waals surface area contributed by atoms with Crippen LogP contribution in [0.3, 0.4) is 0 Å². The summed E-state index contributed by atoms with van der Waals surface area (Å²) in [5, 5.41) is 3.53. The second-order valence-corrected chi connectivity index (χ2v) is 5.24. The fourth-order valence-electron chi connectivity index (χ4n) is 2.09.